The molecule has 1 amide bonds. The average molecular weight is 507 g/mol. The minimum atomic E-state index is -3.72. The Bertz CT molecular complexity index is 1380. The molecule has 1 fully saturated rings. The Hall–Kier alpha value is -3.14. The van der Waals surface area contributed by atoms with Crippen molar-refractivity contribution in [1.82, 2.24) is 19.6 Å². The number of pyridine rings is 2. The van der Waals surface area contributed by atoms with Crippen LogP contribution in [-0.2, 0) is 14.8 Å². The Morgan fingerprint density at radius 1 is 1.06 bits per heavy atom. The van der Waals surface area contributed by atoms with E-state index in [1.54, 1.807) is 30.5 Å². The standard InChI is InChI=1S/C27H30N4O4S/c32-27(29-13-11-20-6-2-1-3-7-20)23-19-26(25-8-4-5-12-28-25)30-24-10-9-21(18-22(23)24)36(33,34)31-14-16-35-17-15-31/h4-6,8-10,12,18-19H,1-3,7,11,13-17H2,(H,29,32). The number of rotatable bonds is 7. The summed E-state index contributed by atoms with van der Waals surface area (Å²) in [6, 6.07) is 12.0. The summed E-state index contributed by atoms with van der Waals surface area (Å²) >= 11 is 0. The molecular weight excluding hydrogens is 476 g/mol. The van der Waals surface area contributed by atoms with Gasteiger partial charge >= 0.3 is 0 Å². The number of ether oxygens (including phenoxy) is 1. The molecule has 0 radical (unpaired) electrons. The van der Waals surface area contributed by atoms with Crippen LogP contribution in [0.4, 0.5) is 0 Å². The van der Waals surface area contributed by atoms with Gasteiger partial charge in [0.05, 0.1) is 40.6 Å². The first-order valence-corrected chi connectivity index (χ1v) is 13.9. The van der Waals surface area contributed by atoms with E-state index in [4.69, 9.17) is 9.72 Å². The fraction of sp³-hybridized carbons (Fsp3) is 0.370. The number of nitrogens with one attached hydrogen (secondary N) is 1. The van der Waals surface area contributed by atoms with Crippen LogP contribution in [0.15, 0.2) is 65.2 Å². The molecule has 0 unspecified atom stereocenters. The molecule has 0 bridgehead atoms. The molecule has 3 aromatic rings. The first-order valence-electron chi connectivity index (χ1n) is 12.4. The fourth-order valence-corrected chi connectivity index (χ4v) is 6.13. The maximum absolute atomic E-state index is 13.4. The van der Waals surface area contributed by atoms with Crippen molar-refractivity contribution < 1.29 is 17.9 Å². The third-order valence-corrected chi connectivity index (χ3v) is 8.57. The number of benzene rings is 1. The van der Waals surface area contributed by atoms with E-state index in [0.717, 1.165) is 19.3 Å². The Morgan fingerprint density at radius 3 is 2.67 bits per heavy atom. The van der Waals surface area contributed by atoms with E-state index < -0.39 is 10.0 Å². The molecule has 5 rings (SSSR count). The van der Waals surface area contributed by atoms with Crippen LogP contribution < -0.4 is 5.32 Å². The summed E-state index contributed by atoms with van der Waals surface area (Å²) in [6.07, 6.45) is 9.38. The van der Waals surface area contributed by atoms with E-state index in [1.165, 1.54) is 22.7 Å². The van der Waals surface area contributed by atoms with Crippen LogP contribution in [0.3, 0.4) is 0 Å². The number of morpholine rings is 1. The molecule has 2 aliphatic rings. The maximum Gasteiger partial charge on any atom is 0.252 e. The van der Waals surface area contributed by atoms with Gasteiger partial charge in [0.2, 0.25) is 10.0 Å². The minimum absolute atomic E-state index is 0.144. The van der Waals surface area contributed by atoms with Crippen molar-refractivity contribution >= 4 is 26.8 Å². The molecule has 0 saturated carbocycles. The van der Waals surface area contributed by atoms with Gasteiger partial charge in [-0.05, 0) is 68.5 Å². The second-order valence-electron chi connectivity index (χ2n) is 9.08. The zero-order valence-electron chi connectivity index (χ0n) is 20.2. The van der Waals surface area contributed by atoms with Gasteiger partial charge in [-0.1, -0.05) is 17.7 Å². The average Bonchev–Trinajstić information content (AvgIpc) is 2.93. The van der Waals surface area contributed by atoms with Crippen molar-refractivity contribution in [3.8, 4) is 11.4 Å². The first-order chi connectivity index (χ1) is 17.5. The Morgan fingerprint density at radius 2 is 1.92 bits per heavy atom. The van der Waals surface area contributed by atoms with E-state index in [0.29, 0.717) is 60.7 Å². The number of carbonyl (C=O) groups is 1. The van der Waals surface area contributed by atoms with E-state index in [9.17, 15) is 13.2 Å². The summed E-state index contributed by atoms with van der Waals surface area (Å²) in [5, 5.41) is 3.53. The second kappa shape index (κ2) is 10.9. The van der Waals surface area contributed by atoms with Crippen LogP contribution in [0, 0.1) is 0 Å². The van der Waals surface area contributed by atoms with Crippen LogP contribution in [0.1, 0.15) is 42.5 Å². The quantitative estimate of drug-likeness (QED) is 0.487. The number of carbonyl (C=O) groups excluding carboxylic acids is 1. The number of fused-ring (bicyclic) bond motifs is 1. The lowest BCUT2D eigenvalue weighted by Gasteiger charge is -2.26. The zero-order chi connectivity index (χ0) is 25.0. The van der Waals surface area contributed by atoms with Gasteiger partial charge in [-0.15, -0.1) is 0 Å². The smallest absolute Gasteiger partial charge is 0.252 e. The van der Waals surface area contributed by atoms with Crippen LogP contribution in [0.25, 0.3) is 22.3 Å². The van der Waals surface area contributed by atoms with Gasteiger partial charge in [-0.25, -0.2) is 13.4 Å². The molecular formula is C27H30N4O4S. The maximum atomic E-state index is 13.4. The highest BCUT2D eigenvalue weighted by molar-refractivity contribution is 7.89. The van der Waals surface area contributed by atoms with Crippen molar-refractivity contribution in [3.05, 3.63) is 65.9 Å². The lowest BCUT2D eigenvalue weighted by atomic mass is 9.97. The van der Waals surface area contributed by atoms with Gasteiger partial charge in [0, 0.05) is 31.2 Å². The van der Waals surface area contributed by atoms with E-state index in [1.807, 2.05) is 18.2 Å². The van der Waals surface area contributed by atoms with Crippen LogP contribution >= 0.6 is 0 Å². The molecule has 0 atom stereocenters. The summed E-state index contributed by atoms with van der Waals surface area (Å²) in [7, 11) is -3.72. The summed E-state index contributed by atoms with van der Waals surface area (Å²) in [5.74, 6) is -0.253. The summed E-state index contributed by atoms with van der Waals surface area (Å²) in [6.45, 7) is 1.87. The van der Waals surface area contributed by atoms with Crippen LogP contribution in [-0.4, -0.2) is 61.4 Å². The highest BCUT2D eigenvalue weighted by Crippen LogP contribution is 2.28. The van der Waals surface area contributed by atoms with Crippen molar-refractivity contribution in [3.63, 3.8) is 0 Å². The SMILES string of the molecule is O=C(NCCC1=CCCCC1)c1cc(-c2ccccn2)nc2ccc(S(=O)(=O)N3CCOCC3)cc12. The number of allylic oxidation sites excluding steroid dienone is 1. The highest BCUT2D eigenvalue weighted by Gasteiger charge is 2.27. The molecule has 1 aromatic carbocycles. The van der Waals surface area contributed by atoms with Crippen molar-refractivity contribution in [2.24, 2.45) is 0 Å². The van der Waals surface area contributed by atoms with Crippen molar-refractivity contribution in [1.29, 1.82) is 0 Å². The highest BCUT2D eigenvalue weighted by atomic mass is 32.2. The summed E-state index contributed by atoms with van der Waals surface area (Å²) in [4.78, 5) is 22.6. The van der Waals surface area contributed by atoms with Gasteiger partial charge < -0.3 is 10.1 Å². The fourth-order valence-electron chi connectivity index (χ4n) is 4.70. The Balaban J connectivity index is 1.50. The third-order valence-electron chi connectivity index (χ3n) is 6.68. The largest absolute Gasteiger partial charge is 0.379 e. The van der Waals surface area contributed by atoms with Gasteiger partial charge in [0.25, 0.3) is 5.91 Å². The Labute approximate surface area is 211 Å². The normalized spacial score (nSPS) is 17.1. The molecule has 8 nitrogen and oxygen atoms in total. The molecule has 9 heteroatoms. The molecule has 1 aliphatic carbocycles. The molecule has 2 aromatic heterocycles. The lowest BCUT2D eigenvalue weighted by molar-refractivity contribution is 0.0730. The number of amides is 1. The molecule has 188 valence electrons. The van der Waals surface area contributed by atoms with Crippen LogP contribution in [0.5, 0.6) is 0 Å². The molecule has 3 heterocycles. The van der Waals surface area contributed by atoms with Gasteiger partial charge in [0.15, 0.2) is 0 Å². The number of aromatic nitrogens is 2. The monoisotopic (exact) mass is 506 g/mol. The number of hydrogen-bond acceptors (Lipinski definition) is 6. The van der Waals surface area contributed by atoms with Crippen molar-refractivity contribution in [2.75, 3.05) is 32.8 Å². The summed E-state index contributed by atoms with van der Waals surface area (Å²) in [5.41, 5.74) is 3.52. The first kappa shape index (κ1) is 24.5. The lowest BCUT2D eigenvalue weighted by Crippen LogP contribution is -2.40. The number of sulfonamides is 1. The van der Waals surface area contributed by atoms with Gasteiger partial charge in [-0.2, -0.15) is 4.31 Å². The third kappa shape index (κ3) is 5.33. The Kier molecular flexibility index (Phi) is 7.41. The van der Waals surface area contributed by atoms with Gasteiger partial charge in [0.1, 0.15) is 0 Å². The predicted molar refractivity (Wildman–Crippen MR) is 138 cm³/mol. The summed E-state index contributed by atoms with van der Waals surface area (Å²) < 4.78 is 33.3. The number of hydrogen-bond donors (Lipinski definition) is 1. The molecule has 0 spiro atoms. The number of nitrogens with zero attached hydrogens (tertiary/aromatic N) is 3. The topological polar surface area (TPSA) is 101 Å². The molecule has 1 aliphatic heterocycles. The van der Waals surface area contributed by atoms with E-state index in [-0.39, 0.29) is 10.8 Å². The second-order valence-corrected chi connectivity index (χ2v) is 11.0. The minimum Gasteiger partial charge on any atom is -0.379 e. The van der Waals surface area contributed by atoms with E-state index in [2.05, 4.69) is 16.4 Å². The molecule has 1 N–H and O–H groups in total. The molecule has 1 saturated heterocycles. The zero-order valence-corrected chi connectivity index (χ0v) is 21.0. The van der Waals surface area contributed by atoms with Gasteiger partial charge in [-0.3, -0.25) is 9.78 Å². The van der Waals surface area contributed by atoms with E-state index >= 15 is 0 Å². The molecule has 36 heavy (non-hydrogen) atoms. The van der Waals surface area contributed by atoms with Crippen molar-refractivity contribution in [2.45, 2.75) is 37.0 Å². The van der Waals surface area contributed by atoms with Crippen LogP contribution in [0.2, 0.25) is 0 Å². The predicted octanol–water partition coefficient (Wildman–Crippen LogP) is 3.94.